The van der Waals surface area contributed by atoms with Gasteiger partial charge in [-0.15, -0.1) is 0 Å². The fraction of sp³-hybridized carbons (Fsp3) is 0.100. The van der Waals surface area contributed by atoms with Gasteiger partial charge in [-0.05, 0) is 42.5 Å². The van der Waals surface area contributed by atoms with Crippen molar-refractivity contribution in [2.75, 3.05) is 11.6 Å². The molecule has 0 saturated heterocycles. The molecule has 0 saturated carbocycles. The predicted octanol–water partition coefficient (Wildman–Crippen LogP) is 5.28. The third-order valence-corrected chi connectivity index (χ3v) is 4.35. The molecular weight excluding hydrogens is 358 g/mol. The van der Waals surface area contributed by atoms with Gasteiger partial charge in [-0.25, -0.2) is 4.39 Å². The molecule has 136 valence electrons. The number of hydrogen-bond acceptors (Lipinski definition) is 3. The summed E-state index contributed by atoms with van der Waals surface area (Å²) in [6.45, 7) is 0.177. The summed E-state index contributed by atoms with van der Waals surface area (Å²) >= 11 is 0. The lowest BCUT2D eigenvalue weighted by Gasteiger charge is -2.28. The number of benzene rings is 2. The second kappa shape index (κ2) is 6.50. The van der Waals surface area contributed by atoms with E-state index in [0.29, 0.717) is 22.3 Å². The van der Waals surface area contributed by atoms with Crippen molar-refractivity contribution in [3.05, 3.63) is 77.7 Å². The monoisotopic (exact) mass is 371 g/mol. The molecule has 1 aliphatic rings. The molecule has 3 nitrogen and oxygen atoms in total. The van der Waals surface area contributed by atoms with Crippen LogP contribution in [0.2, 0.25) is 0 Å². The normalized spacial score (nSPS) is 14.5. The van der Waals surface area contributed by atoms with Gasteiger partial charge in [0.2, 0.25) is 0 Å². The zero-order valence-electron chi connectivity index (χ0n) is 13.9. The highest BCUT2D eigenvalue weighted by atomic mass is 19.4. The van der Waals surface area contributed by atoms with Crippen molar-refractivity contribution in [2.45, 2.75) is 6.18 Å². The van der Waals surface area contributed by atoms with Gasteiger partial charge >= 0.3 is 6.18 Å². The number of halogens is 4. The summed E-state index contributed by atoms with van der Waals surface area (Å²) in [5, 5.41) is 0.671. The Labute approximate surface area is 152 Å². The lowest BCUT2D eigenvalue weighted by molar-refractivity contribution is -0.137. The predicted molar refractivity (Wildman–Crippen MR) is 97.0 cm³/mol. The lowest BCUT2D eigenvalue weighted by atomic mass is 10.0. The molecule has 1 aromatic heterocycles. The highest BCUT2D eigenvalue weighted by Crippen LogP contribution is 2.34. The van der Waals surface area contributed by atoms with Crippen LogP contribution in [0.4, 0.5) is 23.2 Å². The second-order valence-electron chi connectivity index (χ2n) is 6.00. The van der Waals surface area contributed by atoms with Crippen LogP contribution in [0.5, 0.6) is 0 Å². The smallest absolute Gasteiger partial charge is 0.321 e. The second-order valence-corrected chi connectivity index (χ2v) is 6.00. The number of hydrogen-bond donors (Lipinski definition) is 0. The molecule has 3 aromatic rings. The highest BCUT2D eigenvalue weighted by Gasteiger charge is 2.30. The van der Waals surface area contributed by atoms with Gasteiger partial charge < -0.3 is 4.90 Å². The minimum Gasteiger partial charge on any atom is -0.321 e. The van der Waals surface area contributed by atoms with Gasteiger partial charge in [0.05, 0.1) is 11.3 Å². The van der Waals surface area contributed by atoms with E-state index in [0.717, 1.165) is 12.1 Å². The van der Waals surface area contributed by atoms with Gasteiger partial charge in [0.1, 0.15) is 12.2 Å². The number of allylic oxidation sites excluding steroid dienone is 1. The third-order valence-electron chi connectivity index (χ3n) is 4.35. The van der Waals surface area contributed by atoms with E-state index in [4.69, 9.17) is 0 Å². The first-order chi connectivity index (χ1) is 12.9. The summed E-state index contributed by atoms with van der Waals surface area (Å²) in [7, 11) is 0. The van der Waals surface area contributed by atoms with Gasteiger partial charge in [0.25, 0.3) is 0 Å². The van der Waals surface area contributed by atoms with Crippen LogP contribution in [0.3, 0.4) is 0 Å². The molecular formula is C20H13F4N3. The number of alkyl halides is 3. The zero-order valence-corrected chi connectivity index (χ0v) is 13.9. The molecule has 2 aromatic carbocycles. The molecule has 1 aliphatic heterocycles. The van der Waals surface area contributed by atoms with Crippen LogP contribution >= 0.6 is 0 Å². The average molecular weight is 371 g/mol. The quantitative estimate of drug-likeness (QED) is 0.573. The molecule has 0 radical (unpaired) electrons. The Morgan fingerprint density at radius 1 is 0.963 bits per heavy atom. The minimum atomic E-state index is -4.41. The van der Waals surface area contributed by atoms with E-state index in [1.807, 2.05) is 0 Å². The van der Waals surface area contributed by atoms with E-state index in [1.165, 1.54) is 18.3 Å². The maximum Gasteiger partial charge on any atom is 0.416 e. The van der Waals surface area contributed by atoms with E-state index in [9.17, 15) is 13.2 Å². The topological polar surface area (TPSA) is 28.5 Å². The number of anilines is 1. The van der Waals surface area contributed by atoms with Crippen molar-refractivity contribution >= 4 is 28.5 Å². The Bertz CT molecular complexity index is 1050. The van der Waals surface area contributed by atoms with E-state index in [-0.39, 0.29) is 12.2 Å². The van der Waals surface area contributed by atoms with Crippen LogP contribution < -0.4 is 4.90 Å². The molecule has 4 rings (SSSR count). The molecule has 0 atom stereocenters. The molecule has 7 heteroatoms. The van der Waals surface area contributed by atoms with Gasteiger partial charge in [-0.1, -0.05) is 12.1 Å². The number of aliphatic imine (C=N–C) groups is 1. The van der Waals surface area contributed by atoms with Gasteiger partial charge in [-0.3, -0.25) is 9.98 Å². The number of aromatic nitrogens is 1. The van der Waals surface area contributed by atoms with Gasteiger partial charge in [0.15, 0.2) is 5.82 Å². The molecule has 0 unspecified atom stereocenters. The van der Waals surface area contributed by atoms with Crippen LogP contribution in [0, 0.1) is 5.82 Å². The molecule has 0 amide bonds. The molecule has 0 spiro atoms. The van der Waals surface area contributed by atoms with Crippen LogP contribution in [0.25, 0.3) is 16.6 Å². The third kappa shape index (κ3) is 3.16. The van der Waals surface area contributed by atoms with Crippen LogP contribution in [-0.2, 0) is 6.18 Å². The standard InChI is InChI=1S/C20H13F4N3/c21-18-16(8-3-13-2-1-10-26-19(13)18)17-9-11-25-12-27(17)15-6-4-14(5-7-15)20(22,23)24/h1-11H,12H2. The summed E-state index contributed by atoms with van der Waals surface area (Å²) < 4.78 is 53.4. The van der Waals surface area contributed by atoms with E-state index in [1.54, 1.807) is 41.5 Å². The maximum absolute atomic E-state index is 15.0. The van der Waals surface area contributed by atoms with E-state index in [2.05, 4.69) is 9.98 Å². The Morgan fingerprint density at radius 2 is 1.74 bits per heavy atom. The van der Waals surface area contributed by atoms with E-state index >= 15 is 4.39 Å². The van der Waals surface area contributed by atoms with Gasteiger partial charge in [-0.2, -0.15) is 13.2 Å². The number of nitrogens with zero attached hydrogens (tertiary/aromatic N) is 3. The highest BCUT2D eigenvalue weighted by molar-refractivity contribution is 5.95. The average Bonchev–Trinajstić information content (AvgIpc) is 2.68. The fourth-order valence-electron chi connectivity index (χ4n) is 3.01. The van der Waals surface area contributed by atoms with Crippen molar-refractivity contribution in [3.63, 3.8) is 0 Å². The molecule has 0 fully saturated rings. The van der Waals surface area contributed by atoms with Gasteiger partial charge in [0, 0.05) is 29.0 Å². The largest absolute Gasteiger partial charge is 0.416 e. The Kier molecular flexibility index (Phi) is 4.14. The van der Waals surface area contributed by atoms with Crippen LogP contribution in [0.1, 0.15) is 11.1 Å². The Balaban J connectivity index is 1.77. The molecule has 0 aliphatic carbocycles. The SMILES string of the molecule is Fc1c(C2=CC=NCN2c2ccc(C(F)(F)F)cc2)ccc2cccnc12. The lowest BCUT2D eigenvalue weighted by Crippen LogP contribution is -2.25. The Hall–Kier alpha value is -3.22. The summed E-state index contributed by atoms with van der Waals surface area (Å²) in [5.41, 5.74) is 0.817. The first-order valence-corrected chi connectivity index (χ1v) is 8.14. The molecule has 0 bridgehead atoms. The summed E-state index contributed by atoms with van der Waals surface area (Å²) in [5.74, 6) is -0.480. The minimum absolute atomic E-state index is 0.177. The maximum atomic E-state index is 15.0. The zero-order chi connectivity index (χ0) is 19.0. The Morgan fingerprint density at radius 3 is 2.48 bits per heavy atom. The van der Waals surface area contributed by atoms with Crippen molar-refractivity contribution in [3.8, 4) is 0 Å². The number of pyridine rings is 1. The first-order valence-electron chi connectivity index (χ1n) is 8.14. The van der Waals surface area contributed by atoms with Crippen LogP contribution in [0.15, 0.2) is 65.8 Å². The van der Waals surface area contributed by atoms with Crippen molar-refractivity contribution < 1.29 is 17.6 Å². The van der Waals surface area contributed by atoms with Crippen molar-refractivity contribution in [1.82, 2.24) is 4.98 Å². The molecule has 0 N–H and O–H groups in total. The molecule has 27 heavy (non-hydrogen) atoms. The summed E-state index contributed by atoms with van der Waals surface area (Å²) in [6, 6.07) is 11.6. The first kappa shape index (κ1) is 17.2. The summed E-state index contributed by atoms with van der Waals surface area (Å²) in [4.78, 5) is 9.89. The number of fused-ring (bicyclic) bond motifs is 1. The van der Waals surface area contributed by atoms with Crippen LogP contribution in [-0.4, -0.2) is 17.9 Å². The summed E-state index contributed by atoms with van der Waals surface area (Å²) in [6.07, 6.45) is 0.291. The van der Waals surface area contributed by atoms with Crippen molar-refractivity contribution in [1.29, 1.82) is 0 Å². The van der Waals surface area contributed by atoms with Crippen molar-refractivity contribution in [2.24, 2.45) is 4.99 Å². The molecule has 2 heterocycles. The number of rotatable bonds is 2. The van der Waals surface area contributed by atoms with E-state index < -0.39 is 17.6 Å². The fourth-order valence-corrected chi connectivity index (χ4v) is 3.01.